The highest BCUT2D eigenvalue weighted by Gasteiger charge is 2.43. The Labute approximate surface area is 136 Å². The molecule has 7 nitrogen and oxygen atoms in total. The maximum Gasteiger partial charge on any atom is 0.317 e. The van der Waals surface area contributed by atoms with Crippen LogP contribution in [0.25, 0.3) is 0 Å². The number of hydrogen-bond acceptors (Lipinski definition) is 5. The molecule has 23 heavy (non-hydrogen) atoms. The van der Waals surface area contributed by atoms with Crippen molar-refractivity contribution in [1.29, 1.82) is 0 Å². The van der Waals surface area contributed by atoms with Gasteiger partial charge in [0.15, 0.2) is 0 Å². The third-order valence-corrected chi connectivity index (χ3v) is 4.68. The second-order valence-corrected chi connectivity index (χ2v) is 6.95. The predicted octanol–water partition coefficient (Wildman–Crippen LogP) is 1.38. The smallest absolute Gasteiger partial charge is 0.317 e. The van der Waals surface area contributed by atoms with Crippen molar-refractivity contribution in [2.45, 2.75) is 44.4 Å². The first-order chi connectivity index (χ1) is 11.0. The Morgan fingerprint density at radius 3 is 3.09 bits per heavy atom. The lowest BCUT2D eigenvalue weighted by atomic mass is 9.89. The Kier molecular flexibility index (Phi) is 4.59. The van der Waals surface area contributed by atoms with Gasteiger partial charge in [-0.15, -0.1) is 0 Å². The molecule has 2 atom stereocenters. The molecule has 0 aromatic carbocycles. The molecular formula is C16H26N4O3. The first-order valence-electron chi connectivity index (χ1n) is 8.22. The standard InChI is InChI=1S/C16H26N4O3/c1-12-8-14(18-23-12)10-20-6-5-16(11-20)9-13(4-7-22-16)17-15(21)19(2)3/h8,13H,4-7,9-11H2,1-3H3,(H,17,21)/t13-,16+/m0/s1. The van der Waals surface area contributed by atoms with Crippen molar-refractivity contribution in [3.8, 4) is 0 Å². The fourth-order valence-corrected chi connectivity index (χ4v) is 3.52. The SMILES string of the molecule is Cc1cc(CN2CC[C@@]3(C[C@@H](NC(=O)N(C)C)CCO3)C2)no1. The van der Waals surface area contributed by atoms with E-state index in [4.69, 9.17) is 9.26 Å². The molecule has 0 aliphatic carbocycles. The van der Waals surface area contributed by atoms with Crippen molar-refractivity contribution < 1.29 is 14.1 Å². The molecule has 7 heteroatoms. The number of amides is 2. The highest BCUT2D eigenvalue weighted by molar-refractivity contribution is 5.73. The van der Waals surface area contributed by atoms with Crippen LogP contribution in [-0.4, -0.2) is 66.4 Å². The van der Waals surface area contributed by atoms with Crippen LogP contribution in [0.15, 0.2) is 10.6 Å². The molecule has 0 unspecified atom stereocenters. The van der Waals surface area contributed by atoms with Crippen LogP contribution in [-0.2, 0) is 11.3 Å². The lowest BCUT2D eigenvalue weighted by molar-refractivity contribution is -0.0793. The van der Waals surface area contributed by atoms with Gasteiger partial charge in [0, 0.05) is 52.4 Å². The summed E-state index contributed by atoms with van der Waals surface area (Å²) in [5, 5.41) is 7.17. The molecule has 2 amide bonds. The van der Waals surface area contributed by atoms with Gasteiger partial charge in [-0.25, -0.2) is 4.79 Å². The molecule has 0 saturated carbocycles. The minimum atomic E-state index is -0.138. The first-order valence-corrected chi connectivity index (χ1v) is 8.22. The highest BCUT2D eigenvalue weighted by atomic mass is 16.5. The number of ether oxygens (including phenoxy) is 1. The minimum absolute atomic E-state index is 0.0278. The number of aryl methyl sites for hydroxylation is 1. The van der Waals surface area contributed by atoms with E-state index in [0.717, 1.165) is 50.4 Å². The van der Waals surface area contributed by atoms with Gasteiger partial charge >= 0.3 is 6.03 Å². The lowest BCUT2D eigenvalue weighted by Gasteiger charge is -2.38. The normalized spacial score (nSPS) is 28.2. The van der Waals surface area contributed by atoms with E-state index >= 15 is 0 Å². The van der Waals surface area contributed by atoms with Crippen LogP contribution in [0.3, 0.4) is 0 Å². The zero-order valence-electron chi connectivity index (χ0n) is 14.2. The Hall–Kier alpha value is -1.60. The van der Waals surface area contributed by atoms with Crippen molar-refractivity contribution in [3.05, 3.63) is 17.5 Å². The number of nitrogens with zero attached hydrogens (tertiary/aromatic N) is 3. The van der Waals surface area contributed by atoms with E-state index in [1.165, 1.54) is 0 Å². The third kappa shape index (κ3) is 3.84. The van der Waals surface area contributed by atoms with Crippen LogP contribution in [0.2, 0.25) is 0 Å². The molecule has 128 valence electrons. The van der Waals surface area contributed by atoms with Gasteiger partial charge in [0.05, 0.1) is 11.3 Å². The summed E-state index contributed by atoms with van der Waals surface area (Å²) in [6.07, 6.45) is 2.75. The number of carbonyl (C=O) groups is 1. The van der Waals surface area contributed by atoms with Gasteiger partial charge in [-0.1, -0.05) is 5.16 Å². The van der Waals surface area contributed by atoms with Crippen LogP contribution in [0.1, 0.15) is 30.7 Å². The van der Waals surface area contributed by atoms with Gasteiger partial charge < -0.3 is 19.5 Å². The molecule has 2 fully saturated rings. The van der Waals surface area contributed by atoms with Gasteiger partial charge in [0.25, 0.3) is 0 Å². The van der Waals surface area contributed by atoms with Gasteiger partial charge in [-0.3, -0.25) is 4.90 Å². The summed E-state index contributed by atoms with van der Waals surface area (Å²) in [5.74, 6) is 0.842. The summed E-state index contributed by atoms with van der Waals surface area (Å²) < 4.78 is 11.3. The van der Waals surface area contributed by atoms with Crippen molar-refractivity contribution >= 4 is 6.03 Å². The number of carbonyl (C=O) groups excluding carboxylic acids is 1. The van der Waals surface area contributed by atoms with Crippen molar-refractivity contribution in [1.82, 2.24) is 20.3 Å². The fraction of sp³-hybridized carbons (Fsp3) is 0.750. The Bertz CT molecular complexity index is 559. The zero-order chi connectivity index (χ0) is 16.4. The number of likely N-dealkylation sites (tertiary alicyclic amines) is 1. The highest BCUT2D eigenvalue weighted by Crippen LogP contribution is 2.34. The number of rotatable bonds is 3. The number of urea groups is 1. The number of hydrogen-bond donors (Lipinski definition) is 1. The quantitative estimate of drug-likeness (QED) is 0.910. The molecule has 1 aromatic rings. The average molecular weight is 322 g/mol. The maximum absolute atomic E-state index is 11.9. The van der Waals surface area contributed by atoms with E-state index < -0.39 is 0 Å². The topological polar surface area (TPSA) is 70.8 Å². The van der Waals surface area contributed by atoms with E-state index in [-0.39, 0.29) is 17.7 Å². The van der Waals surface area contributed by atoms with Gasteiger partial charge in [0.2, 0.25) is 0 Å². The summed E-state index contributed by atoms with van der Waals surface area (Å²) in [4.78, 5) is 15.8. The van der Waals surface area contributed by atoms with Crippen LogP contribution in [0.4, 0.5) is 4.79 Å². The van der Waals surface area contributed by atoms with E-state index in [1.807, 2.05) is 13.0 Å². The molecule has 1 spiro atoms. The van der Waals surface area contributed by atoms with Crippen molar-refractivity contribution in [3.63, 3.8) is 0 Å². The molecule has 2 saturated heterocycles. The molecule has 0 bridgehead atoms. The monoisotopic (exact) mass is 322 g/mol. The predicted molar refractivity (Wildman–Crippen MR) is 85.1 cm³/mol. The maximum atomic E-state index is 11.9. The van der Waals surface area contributed by atoms with E-state index in [0.29, 0.717) is 6.61 Å². The van der Waals surface area contributed by atoms with Crippen LogP contribution >= 0.6 is 0 Å². The molecule has 1 aromatic heterocycles. The number of nitrogens with one attached hydrogen (secondary N) is 1. The summed E-state index contributed by atoms with van der Waals surface area (Å²) in [6, 6.07) is 2.14. The molecule has 2 aliphatic rings. The lowest BCUT2D eigenvalue weighted by Crippen LogP contribution is -2.51. The third-order valence-electron chi connectivity index (χ3n) is 4.68. The van der Waals surface area contributed by atoms with E-state index in [1.54, 1.807) is 19.0 Å². The summed E-state index contributed by atoms with van der Waals surface area (Å²) >= 11 is 0. The molecule has 2 aliphatic heterocycles. The summed E-state index contributed by atoms with van der Waals surface area (Å²) in [6.45, 7) is 5.27. The van der Waals surface area contributed by atoms with Crippen molar-refractivity contribution in [2.24, 2.45) is 0 Å². The molecule has 3 heterocycles. The Balaban J connectivity index is 1.56. The molecule has 3 rings (SSSR count). The number of aromatic nitrogens is 1. The first kappa shape index (κ1) is 16.3. The second kappa shape index (κ2) is 6.49. The average Bonchev–Trinajstić information content (AvgIpc) is 3.06. The summed E-state index contributed by atoms with van der Waals surface area (Å²) in [5.41, 5.74) is 0.828. The largest absolute Gasteiger partial charge is 0.373 e. The van der Waals surface area contributed by atoms with Crippen molar-refractivity contribution in [2.75, 3.05) is 33.8 Å². The fourth-order valence-electron chi connectivity index (χ4n) is 3.52. The Morgan fingerprint density at radius 2 is 2.39 bits per heavy atom. The van der Waals surface area contributed by atoms with Gasteiger partial charge in [-0.2, -0.15) is 0 Å². The van der Waals surface area contributed by atoms with E-state index in [9.17, 15) is 4.79 Å². The van der Waals surface area contributed by atoms with Crippen LogP contribution in [0, 0.1) is 6.92 Å². The van der Waals surface area contributed by atoms with Crippen LogP contribution in [0.5, 0.6) is 0 Å². The molecule has 1 N–H and O–H groups in total. The molecular weight excluding hydrogens is 296 g/mol. The van der Waals surface area contributed by atoms with Gasteiger partial charge in [-0.05, 0) is 26.2 Å². The van der Waals surface area contributed by atoms with Gasteiger partial charge in [0.1, 0.15) is 5.76 Å². The summed E-state index contributed by atoms with van der Waals surface area (Å²) in [7, 11) is 3.53. The minimum Gasteiger partial charge on any atom is -0.373 e. The zero-order valence-corrected chi connectivity index (χ0v) is 14.2. The molecule has 0 radical (unpaired) electrons. The van der Waals surface area contributed by atoms with Crippen LogP contribution < -0.4 is 5.32 Å². The second-order valence-electron chi connectivity index (χ2n) is 6.95. The Morgan fingerprint density at radius 1 is 1.57 bits per heavy atom. The van der Waals surface area contributed by atoms with E-state index in [2.05, 4.69) is 15.4 Å².